The van der Waals surface area contributed by atoms with Crippen LogP contribution in [0.25, 0.3) is 21.8 Å². The van der Waals surface area contributed by atoms with E-state index in [2.05, 4.69) is 30.8 Å². The Morgan fingerprint density at radius 2 is 1.73 bits per heavy atom. The molecule has 0 fully saturated rings. The molecule has 1 amide bonds. The largest absolute Gasteiger partial charge is 0.361 e. The lowest BCUT2D eigenvalue weighted by atomic mass is 10.1. The third kappa shape index (κ3) is 3.56. The van der Waals surface area contributed by atoms with Gasteiger partial charge in [-0.1, -0.05) is 36.4 Å². The van der Waals surface area contributed by atoms with Crippen LogP contribution in [0.3, 0.4) is 0 Å². The first-order chi connectivity index (χ1) is 14.8. The number of aromatic nitrogens is 4. The van der Waals surface area contributed by atoms with Crippen molar-refractivity contribution in [1.82, 2.24) is 20.2 Å². The van der Waals surface area contributed by atoms with Gasteiger partial charge < -0.3 is 15.6 Å². The number of carbonyl (C=O) groups is 1. The van der Waals surface area contributed by atoms with Crippen LogP contribution in [0.5, 0.6) is 0 Å². The number of H-pyrrole nitrogens is 1. The van der Waals surface area contributed by atoms with Crippen LogP contribution in [0.15, 0.2) is 79.1 Å². The third-order valence-electron chi connectivity index (χ3n) is 4.85. The van der Waals surface area contributed by atoms with Gasteiger partial charge in [-0.25, -0.2) is 0 Å². The van der Waals surface area contributed by atoms with Crippen LogP contribution in [0, 0.1) is 0 Å². The number of benzene rings is 2. The van der Waals surface area contributed by atoms with E-state index in [0.717, 1.165) is 33.1 Å². The maximum atomic E-state index is 12.4. The Kier molecular flexibility index (Phi) is 4.53. The van der Waals surface area contributed by atoms with Crippen LogP contribution in [0.1, 0.15) is 5.56 Å². The number of hydrogen-bond acceptors (Lipinski definition) is 5. The van der Waals surface area contributed by atoms with Crippen molar-refractivity contribution >= 4 is 45.0 Å². The van der Waals surface area contributed by atoms with E-state index >= 15 is 0 Å². The van der Waals surface area contributed by atoms with E-state index in [1.54, 1.807) is 18.3 Å². The Morgan fingerprint density at radius 1 is 0.900 bits per heavy atom. The fourth-order valence-corrected chi connectivity index (χ4v) is 3.45. The highest BCUT2D eigenvalue weighted by Crippen LogP contribution is 2.24. The molecule has 0 aliphatic heterocycles. The van der Waals surface area contributed by atoms with Crippen molar-refractivity contribution in [3.05, 3.63) is 84.7 Å². The van der Waals surface area contributed by atoms with Gasteiger partial charge in [0.1, 0.15) is 0 Å². The van der Waals surface area contributed by atoms with E-state index in [1.807, 2.05) is 60.8 Å². The second-order valence-corrected chi connectivity index (χ2v) is 6.89. The molecule has 3 heterocycles. The van der Waals surface area contributed by atoms with E-state index < -0.39 is 0 Å². The number of pyridine rings is 1. The SMILES string of the molecule is O=C(Cc1c[nH]c2ccccc12)Nc1ccc(Nc2cccc3cccnc23)nn1. The lowest BCUT2D eigenvalue weighted by Crippen LogP contribution is -2.15. The first kappa shape index (κ1) is 17.8. The lowest BCUT2D eigenvalue weighted by molar-refractivity contribution is -0.115. The average Bonchev–Trinajstić information content (AvgIpc) is 3.18. The standard InChI is InChI=1S/C23H18N6O/c30-22(13-16-14-25-18-8-2-1-7-17(16)18)27-21-11-10-20(28-29-21)26-19-9-3-5-15-6-4-12-24-23(15)19/h1-12,14,25H,13H2,(H,26,28)(H,27,29,30). The van der Waals surface area contributed by atoms with E-state index in [-0.39, 0.29) is 12.3 Å². The first-order valence-electron chi connectivity index (χ1n) is 9.55. The molecule has 0 aliphatic rings. The van der Waals surface area contributed by atoms with Gasteiger partial charge in [0.15, 0.2) is 11.6 Å². The van der Waals surface area contributed by atoms with Gasteiger partial charge >= 0.3 is 0 Å². The molecule has 7 nitrogen and oxygen atoms in total. The van der Waals surface area contributed by atoms with Gasteiger partial charge in [-0.15, -0.1) is 10.2 Å². The van der Waals surface area contributed by atoms with Crippen molar-refractivity contribution in [2.75, 3.05) is 10.6 Å². The zero-order chi connectivity index (χ0) is 20.3. The molecule has 0 unspecified atom stereocenters. The van der Waals surface area contributed by atoms with Gasteiger partial charge in [-0.05, 0) is 35.9 Å². The van der Waals surface area contributed by atoms with Crippen LogP contribution in [0.2, 0.25) is 0 Å². The summed E-state index contributed by atoms with van der Waals surface area (Å²) in [6.07, 6.45) is 3.88. The first-order valence-corrected chi connectivity index (χ1v) is 9.55. The van der Waals surface area contributed by atoms with Gasteiger partial charge in [-0.3, -0.25) is 9.78 Å². The Balaban J connectivity index is 1.27. The van der Waals surface area contributed by atoms with E-state index in [1.165, 1.54) is 0 Å². The van der Waals surface area contributed by atoms with Crippen LogP contribution in [-0.2, 0) is 11.2 Å². The molecule has 0 saturated carbocycles. The number of nitrogens with zero attached hydrogens (tertiary/aromatic N) is 3. The van der Waals surface area contributed by atoms with Crippen molar-refractivity contribution in [1.29, 1.82) is 0 Å². The molecule has 5 aromatic rings. The molecule has 5 rings (SSSR count). The van der Waals surface area contributed by atoms with E-state index in [9.17, 15) is 4.79 Å². The second-order valence-electron chi connectivity index (χ2n) is 6.89. The van der Waals surface area contributed by atoms with Gasteiger partial charge in [0.05, 0.1) is 17.6 Å². The molecular weight excluding hydrogens is 376 g/mol. The quantitative estimate of drug-likeness (QED) is 0.410. The highest BCUT2D eigenvalue weighted by Gasteiger charge is 2.10. The molecule has 0 spiro atoms. The van der Waals surface area contributed by atoms with Gasteiger partial charge in [0, 0.05) is 28.7 Å². The number of nitrogens with one attached hydrogen (secondary N) is 3. The van der Waals surface area contributed by atoms with Crippen LogP contribution < -0.4 is 10.6 Å². The summed E-state index contributed by atoms with van der Waals surface area (Å²) in [5.74, 6) is 0.831. The minimum absolute atomic E-state index is 0.145. The number of rotatable bonds is 5. The summed E-state index contributed by atoms with van der Waals surface area (Å²) in [5, 5.41) is 16.4. The third-order valence-corrected chi connectivity index (χ3v) is 4.85. The van der Waals surface area contributed by atoms with Gasteiger partial charge in [0.2, 0.25) is 5.91 Å². The number of anilines is 3. The van der Waals surface area contributed by atoms with Gasteiger partial charge in [0.25, 0.3) is 0 Å². The van der Waals surface area contributed by atoms with Crippen LogP contribution in [0.4, 0.5) is 17.3 Å². The van der Waals surface area contributed by atoms with Crippen molar-refractivity contribution in [3.8, 4) is 0 Å². The molecule has 3 aromatic heterocycles. The molecule has 30 heavy (non-hydrogen) atoms. The molecule has 0 saturated heterocycles. The number of aromatic amines is 1. The zero-order valence-corrected chi connectivity index (χ0v) is 16.0. The Labute approximate surface area is 172 Å². The highest BCUT2D eigenvalue weighted by atomic mass is 16.1. The number of fused-ring (bicyclic) bond motifs is 2. The highest BCUT2D eigenvalue weighted by molar-refractivity contribution is 5.95. The van der Waals surface area contributed by atoms with E-state index in [0.29, 0.717) is 11.6 Å². The minimum Gasteiger partial charge on any atom is -0.361 e. The van der Waals surface area contributed by atoms with E-state index in [4.69, 9.17) is 0 Å². The molecule has 146 valence electrons. The maximum absolute atomic E-state index is 12.4. The van der Waals surface area contributed by atoms with Crippen LogP contribution in [-0.4, -0.2) is 26.1 Å². The molecule has 7 heteroatoms. The summed E-state index contributed by atoms with van der Waals surface area (Å²) in [5.41, 5.74) is 3.66. The summed E-state index contributed by atoms with van der Waals surface area (Å²) in [7, 11) is 0. The van der Waals surface area contributed by atoms with Gasteiger partial charge in [-0.2, -0.15) is 0 Å². The lowest BCUT2D eigenvalue weighted by Gasteiger charge is -2.08. The summed E-state index contributed by atoms with van der Waals surface area (Å²) in [4.78, 5) is 20.0. The smallest absolute Gasteiger partial charge is 0.230 e. The topological polar surface area (TPSA) is 95.6 Å². The minimum atomic E-state index is -0.145. The molecular formula is C23H18N6O. The number of amides is 1. The molecule has 0 radical (unpaired) electrons. The summed E-state index contributed by atoms with van der Waals surface area (Å²) in [6.45, 7) is 0. The number of hydrogen-bond donors (Lipinski definition) is 3. The van der Waals surface area contributed by atoms with Crippen molar-refractivity contribution in [2.24, 2.45) is 0 Å². The Hall–Kier alpha value is -4.26. The summed E-state index contributed by atoms with van der Waals surface area (Å²) < 4.78 is 0. The fourth-order valence-electron chi connectivity index (χ4n) is 3.45. The Morgan fingerprint density at radius 3 is 2.63 bits per heavy atom. The number of carbonyl (C=O) groups excluding carboxylic acids is 1. The van der Waals surface area contributed by atoms with Crippen molar-refractivity contribution in [3.63, 3.8) is 0 Å². The summed E-state index contributed by atoms with van der Waals surface area (Å²) >= 11 is 0. The predicted molar refractivity (Wildman–Crippen MR) is 118 cm³/mol. The molecule has 0 bridgehead atoms. The second kappa shape index (κ2) is 7.63. The van der Waals surface area contributed by atoms with Crippen molar-refractivity contribution in [2.45, 2.75) is 6.42 Å². The molecule has 0 atom stereocenters. The maximum Gasteiger partial charge on any atom is 0.230 e. The average molecular weight is 394 g/mol. The van der Waals surface area contributed by atoms with Crippen molar-refractivity contribution < 1.29 is 4.79 Å². The van der Waals surface area contributed by atoms with Crippen LogP contribution >= 0.6 is 0 Å². The summed E-state index contributed by atoms with van der Waals surface area (Å²) in [6, 6.07) is 21.2. The normalized spacial score (nSPS) is 10.9. The zero-order valence-electron chi connectivity index (χ0n) is 16.0. The molecule has 2 aromatic carbocycles. The predicted octanol–water partition coefficient (Wildman–Crippen LogP) is 4.43. The molecule has 0 aliphatic carbocycles. The number of para-hydroxylation sites is 2. The Bertz CT molecular complexity index is 1340. The molecule has 3 N–H and O–H groups in total. The monoisotopic (exact) mass is 394 g/mol. The fraction of sp³-hybridized carbons (Fsp3) is 0.0435.